The smallest absolute Gasteiger partial charge is 0.357 e. The Hall–Kier alpha value is -2.01. The molecule has 0 aliphatic carbocycles. The summed E-state index contributed by atoms with van der Waals surface area (Å²) in [4.78, 5) is 5.16. The number of hydrogen-bond donors (Lipinski definition) is 0. The van der Waals surface area contributed by atoms with Crippen LogP contribution in [0.4, 0.5) is 13.2 Å². The topological polar surface area (TPSA) is 21.6 Å². The molecule has 2 nitrogen and oxygen atoms in total. The molecular weight excluding hydrogens is 315 g/mol. The van der Waals surface area contributed by atoms with E-state index < -0.39 is 11.7 Å². The van der Waals surface area contributed by atoms with Gasteiger partial charge in [-0.1, -0.05) is 34.5 Å². The van der Waals surface area contributed by atoms with Crippen LogP contribution in [0.1, 0.15) is 23.6 Å². The standard InChI is InChI=1S/C16H13ClF3NO/c1-10-3-6-13(7-4-10)22-21-11(2)14-9-12(17)5-8-15(14)16(18,19)20/h3-9H,1-2H3/b21-11+. The van der Waals surface area contributed by atoms with E-state index in [2.05, 4.69) is 5.16 Å². The molecule has 0 bridgehead atoms. The van der Waals surface area contributed by atoms with E-state index in [1.165, 1.54) is 19.1 Å². The third-order valence-electron chi connectivity index (χ3n) is 2.99. The predicted molar refractivity (Wildman–Crippen MR) is 80.5 cm³/mol. The predicted octanol–water partition coefficient (Wildman–Crippen LogP) is 5.47. The van der Waals surface area contributed by atoms with E-state index in [1.54, 1.807) is 12.1 Å². The SMILES string of the molecule is C/C(=N\Oc1ccc(C)cc1)c1cc(Cl)ccc1C(F)(F)F. The normalized spacial score (nSPS) is 12.4. The molecule has 0 N–H and O–H groups in total. The first-order valence-corrected chi connectivity index (χ1v) is 6.80. The molecule has 0 fully saturated rings. The van der Waals surface area contributed by atoms with Crippen molar-refractivity contribution in [2.75, 3.05) is 0 Å². The Kier molecular flexibility index (Phi) is 4.76. The fourth-order valence-corrected chi connectivity index (χ4v) is 2.00. The van der Waals surface area contributed by atoms with E-state index in [0.717, 1.165) is 11.6 Å². The monoisotopic (exact) mass is 327 g/mol. The van der Waals surface area contributed by atoms with Gasteiger partial charge in [-0.05, 0) is 44.2 Å². The zero-order chi connectivity index (χ0) is 16.3. The molecular formula is C16H13ClF3NO. The zero-order valence-corrected chi connectivity index (χ0v) is 12.7. The number of halogens is 4. The molecule has 0 aliphatic rings. The number of hydrogen-bond acceptors (Lipinski definition) is 2. The maximum Gasteiger partial charge on any atom is 0.417 e. The highest BCUT2D eigenvalue weighted by atomic mass is 35.5. The molecule has 0 saturated carbocycles. The first-order valence-electron chi connectivity index (χ1n) is 6.43. The van der Waals surface area contributed by atoms with Crippen LogP contribution < -0.4 is 4.84 Å². The van der Waals surface area contributed by atoms with Gasteiger partial charge in [-0.3, -0.25) is 0 Å². The number of rotatable bonds is 3. The number of alkyl halides is 3. The lowest BCUT2D eigenvalue weighted by molar-refractivity contribution is -0.137. The van der Waals surface area contributed by atoms with Gasteiger partial charge in [0, 0.05) is 10.6 Å². The van der Waals surface area contributed by atoms with Gasteiger partial charge in [-0.15, -0.1) is 0 Å². The van der Waals surface area contributed by atoms with Crippen LogP contribution in [0.3, 0.4) is 0 Å². The molecule has 2 rings (SSSR count). The maximum atomic E-state index is 13.0. The Balaban J connectivity index is 2.32. The Morgan fingerprint density at radius 1 is 1.09 bits per heavy atom. The summed E-state index contributed by atoms with van der Waals surface area (Å²) in [7, 11) is 0. The van der Waals surface area contributed by atoms with E-state index in [1.807, 2.05) is 19.1 Å². The molecule has 2 aromatic carbocycles. The van der Waals surface area contributed by atoms with Crippen molar-refractivity contribution in [3.8, 4) is 5.75 Å². The minimum absolute atomic E-state index is 0.0930. The highest BCUT2D eigenvalue weighted by Crippen LogP contribution is 2.33. The van der Waals surface area contributed by atoms with Crippen molar-refractivity contribution in [2.24, 2.45) is 5.16 Å². The van der Waals surface area contributed by atoms with Crippen LogP contribution in [0.2, 0.25) is 5.02 Å². The minimum Gasteiger partial charge on any atom is -0.357 e. The van der Waals surface area contributed by atoms with E-state index in [-0.39, 0.29) is 16.3 Å². The molecule has 0 unspecified atom stereocenters. The van der Waals surface area contributed by atoms with Crippen molar-refractivity contribution in [1.29, 1.82) is 0 Å². The van der Waals surface area contributed by atoms with Crippen LogP contribution in [0.25, 0.3) is 0 Å². The van der Waals surface area contributed by atoms with Crippen LogP contribution in [0.15, 0.2) is 47.6 Å². The van der Waals surface area contributed by atoms with E-state index >= 15 is 0 Å². The second-order valence-corrected chi connectivity index (χ2v) is 5.21. The third-order valence-corrected chi connectivity index (χ3v) is 3.22. The van der Waals surface area contributed by atoms with Crippen molar-refractivity contribution < 1.29 is 18.0 Å². The molecule has 0 radical (unpaired) electrons. The molecule has 116 valence electrons. The van der Waals surface area contributed by atoms with Crippen LogP contribution in [0, 0.1) is 6.92 Å². The summed E-state index contributed by atoms with van der Waals surface area (Å²) in [5.41, 5.74) is 0.232. The number of benzene rings is 2. The Morgan fingerprint density at radius 3 is 2.32 bits per heavy atom. The molecule has 22 heavy (non-hydrogen) atoms. The summed E-state index contributed by atoms with van der Waals surface area (Å²) >= 11 is 5.78. The molecule has 0 heterocycles. The summed E-state index contributed by atoms with van der Waals surface area (Å²) in [6, 6.07) is 10.4. The molecule has 0 amide bonds. The van der Waals surface area contributed by atoms with Gasteiger partial charge in [0.15, 0.2) is 5.75 Å². The van der Waals surface area contributed by atoms with Crippen LogP contribution in [0.5, 0.6) is 5.75 Å². The van der Waals surface area contributed by atoms with E-state index in [0.29, 0.717) is 5.75 Å². The zero-order valence-electron chi connectivity index (χ0n) is 11.9. The number of nitrogens with zero attached hydrogens (tertiary/aromatic N) is 1. The van der Waals surface area contributed by atoms with Gasteiger partial charge in [-0.25, -0.2) is 0 Å². The molecule has 0 aliphatic heterocycles. The van der Waals surface area contributed by atoms with E-state index in [9.17, 15) is 13.2 Å². The third kappa shape index (κ3) is 4.01. The largest absolute Gasteiger partial charge is 0.417 e. The lowest BCUT2D eigenvalue weighted by Crippen LogP contribution is -2.12. The summed E-state index contributed by atoms with van der Waals surface area (Å²) in [6.07, 6.45) is -4.49. The fourth-order valence-electron chi connectivity index (χ4n) is 1.83. The van der Waals surface area contributed by atoms with Gasteiger partial charge < -0.3 is 4.84 Å². The molecule has 0 atom stereocenters. The summed E-state index contributed by atoms with van der Waals surface area (Å²) in [5, 5.41) is 3.97. The van der Waals surface area contributed by atoms with Crippen LogP contribution >= 0.6 is 11.6 Å². The van der Waals surface area contributed by atoms with Crippen molar-refractivity contribution in [2.45, 2.75) is 20.0 Å². The summed E-state index contributed by atoms with van der Waals surface area (Å²) in [5.74, 6) is 0.445. The second kappa shape index (κ2) is 6.40. The van der Waals surface area contributed by atoms with Crippen LogP contribution in [-0.2, 0) is 6.18 Å². The fraction of sp³-hybridized carbons (Fsp3) is 0.188. The molecule has 0 aromatic heterocycles. The average molecular weight is 328 g/mol. The van der Waals surface area contributed by atoms with Gasteiger partial charge in [-0.2, -0.15) is 13.2 Å². The lowest BCUT2D eigenvalue weighted by atomic mass is 10.0. The average Bonchev–Trinajstić information content (AvgIpc) is 2.45. The molecule has 2 aromatic rings. The van der Waals surface area contributed by atoms with Gasteiger partial charge in [0.1, 0.15) is 0 Å². The van der Waals surface area contributed by atoms with Crippen molar-refractivity contribution >= 4 is 17.3 Å². The highest BCUT2D eigenvalue weighted by Gasteiger charge is 2.34. The van der Waals surface area contributed by atoms with Gasteiger partial charge in [0.05, 0.1) is 11.3 Å². The molecule has 0 spiro atoms. The molecule has 0 saturated heterocycles. The lowest BCUT2D eigenvalue weighted by Gasteiger charge is -2.12. The van der Waals surface area contributed by atoms with Crippen molar-refractivity contribution in [1.82, 2.24) is 0 Å². The minimum atomic E-state index is -4.49. The first kappa shape index (κ1) is 16.4. The van der Waals surface area contributed by atoms with Crippen LogP contribution in [-0.4, -0.2) is 5.71 Å². The van der Waals surface area contributed by atoms with Crippen molar-refractivity contribution in [3.05, 3.63) is 64.2 Å². The molecule has 6 heteroatoms. The number of aryl methyl sites for hydroxylation is 1. The summed E-state index contributed by atoms with van der Waals surface area (Å²) < 4.78 is 39.0. The maximum absolute atomic E-state index is 13.0. The Labute approximate surface area is 131 Å². The summed E-state index contributed by atoms with van der Waals surface area (Å²) in [6.45, 7) is 3.36. The first-order chi connectivity index (χ1) is 10.3. The van der Waals surface area contributed by atoms with Gasteiger partial charge in [0.25, 0.3) is 0 Å². The highest BCUT2D eigenvalue weighted by molar-refractivity contribution is 6.31. The number of oxime groups is 1. The second-order valence-electron chi connectivity index (χ2n) is 4.77. The quantitative estimate of drug-likeness (QED) is 0.541. The Bertz CT molecular complexity index is 694. The van der Waals surface area contributed by atoms with Gasteiger partial charge >= 0.3 is 6.18 Å². The van der Waals surface area contributed by atoms with Crippen molar-refractivity contribution in [3.63, 3.8) is 0 Å². The Morgan fingerprint density at radius 2 is 1.73 bits per heavy atom. The van der Waals surface area contributed by atoms with Gasteiger partial charge in [0.2, 0.25) is 0 Å². The van der Waals surface area contributed by atoms with E-state index in [4.69, 9.17) is 16.4 Å².